The molecule has 1 aliphatic heterocycles. The van der Waals surface area contributed by atoms with Crippen molar-refractivity contribution in [2.24, 2.45) is 0 Å². The van der Waals surface area contributed by atoms with E-state index < -0.39 is 0 Å². The Balaban J connectivity index is 1.69. The normalized spacial score (nSPS) is 14.6. The van der Waals surface area contributed by atoms with Crippen molar-refractivity contribution in [2.45, 2.75) is 6.92 Å². The second-order valence-corrected chi connectivity index (χ2v) is 6.94. The number of anilines is 2. The van der Waals surface area contributed by atoms with Gasteiger partial charge in [0.05, 0.1) is 0 Å². The van der Waals surface area contributed by atoms with Gasteiger partial charge in [-0.2, -0.15) is 0 Å². The molecule has 3 rings (SSSR count). The fraction of sp³-hybridized carbons (Fsp3) is 0.368. The lowest BCUT2D eigenvalue weighted by molar-refractivity contribution is 0.0746. The van der Waals surface area contributed by atoms with Gasteiger partial charge < -0.3 is 14.7 Å². The topological polar surface area (TPSA) is 39.7 Å². The number of hydrogen-bond donors (Lipinski definition) is 0. The van der Waals surface area contributed by atoms with Crippen LogP contribution in [-0.4, -0.2) is 56.1 Å². The van der Waals surface area contributed by atoms with E-state index in [4.69, 9.17) is 11.6 Å². The Kier molecular flexibility index (Phi) is 5.13. The van der Waals surface area contributed by atoms with E-state index in [2.05, 4.69) is 16.8 Å². The molecule has 0 aliphatic carbocycles. The lowest BCUT2D eigenvalue weighted by atomic mass is 10.1. The van der Waals surface area contributed by atoms with Gasteiger partial charge in [-0.1, -0.05) is 17.7 Å². The molecule has 0 bridgehead atoms. The van der Waals surface area contributed by atoms with Crippen LogP contribution in [0.25, 0.3) is 0 Å². The van der Waals surface area contributed by atoms with Crippen LogP contribution in [0.5, 0.6) is 0 Å². The largest absolute Gasteiger partial charge is 0.368 e. The summed E-state index contributed by atoms with van der Waals surface area (Å²) in [6.45, 7) is 5.09. The lowest BCUT2D eigenvalue weighted by Gasteiger charge is -2.37. The maximum atomic E-state index is 12.8. The molecule has 0 N–H and O–H groups in total. The SMILES string of the molecule is Cc1ccc(Cl)cc1N1CCN(C(=O)c2ccnc(N(C)C)c2)CC1. The summed E-state index contributed by atoms with van der Waals surface area (Å²) in [6.07, 6.45) is 1.69. The first-order valence-corrected chi connectivity index (χ1v) is 8.77. The smallest absolute Gasteiger partial charge is 0.254 e. The number of hydrogen-bond acceptors (Lipinski definition) is 4. The van der Waals surface area contributed by atoms with Gasteiger partial charge in [-0.05, 0) is 36.8 Å². The molecule has 0 saturated carbocycles. The molecule has 1 amide bonds. The summed E-state index contributed by atoms with van der Waals surface area (Å²) in [5.74, 6) is 0.854. The van der Waals surface area contributed by atoms with Gasteiger partial charge in [0.25, 0.3) is 5.91 Å². The summed E-state index contributed by atoms with van der Waals surface area (Å²) in [4.78, 5) is 23.2. The molecule has 6 heteroatoms. The second kappa shape index (κ2) is 7.31. The third-order valence-electron chi connectivity index (χ3n) is 4.53. The number of benzene rings is 1. The molecule has 2 heterocycles. The van der Waals surface area contributed by atoms with E-state index in [0.717, 1.165) is 29.6 Å². The third kappa shape index (κ3) is 3.87. The highest BCUT2D eigenvalue weighted by atomic mass is 35.5. The fourth-order valence-electron chi connectivity index (χ4n) is 3.05. The predicted octanol–water partition coefficient (Wildman–Crippen LogP) is 3.07. The summed E-state index contributed by atoms with van der Waals surface area (Å²) < 4.78 is 0. The van der Waals surface area contributed by atoms with E-state index in [1.165, 1.54) is 5.56 Å². The number of carbonyl (C=O) groups is 1. The Bertz CT molecular complexity index is 770. The molecule has 2 aromatic rings. The molecule has 5 nitrogen and oxygen atoms in total. The molecule has 132 valence electrons. The van der Waals surface area contributed by atoms with Crippen LogP contribution in [0, 0.1) is 6.92 Å². The summed E-state index contributed by atoms with van der Waals surface area (Å²) in [5.41, 5.74) is 3.04. The third-order valence-corrected chi connectivity index (χ3v) is 4.76. The molecule has 1 fully saturated rings. The Labute approximate surface area is 153 Å². The Hall–Kier alpha value is -2.27. The van der Waals surface area contributed by atoms with Gasteiger partial charge in [0.2, 0.25) is 0 Å². The molecular weight excluding hydrogens is 336 g/mol. The van der Waals surface area contributed by atoms with E-state index >= 15 is 0 Å². The highest BCUT2D eigenvalue weighted by molar-refractivity contribution is 6.30. The van der Waals surface area contributed by atoms with E-state index in [1.807, 2.05) is 48.2 Å². The van der Waals surface area contributed by atoms with E-state index in [9.17, 15) is 4.79 Å². The van der Waals surface area contributed by atoms with Crippen molar-refractivity contribution in [2.75, 3.05) is 50.1 Å². The average Bonchev–Trinajstić information content (AvgIpc) is 2.63. The first kappa shape index (κ1) is 17.5. The minimum atomic E-state index is 0.0629. The number of piperazine rings is 1. The van der Waals surface area contributed by atoms with Crippen molar-refractivity contribution in [3.63, 3.8) is 0 Å². The Morgan fingerprint density at radius 2 is 1.84 bits per heavy atom. The molecule has 0 atom stereocenters. The molecular formula is C19H23ClN4O. The van der Waals surface area contributed by atoms with Gasteiger partial charge in [0.1, 0.15) is 5.82 Å². The highest BCUT2D eigenvalue weighted by Crippen LogP contribution is 2.25. The van der Waals surface area contributed by atoms with Crippen LogP contribution in [0.15, 0.2) is 36.5 Å². The van der Waals surface area contributed by atoms with Crippen LogP contribution >= 0.6 is 11.6 Å². The van der Waals surface area contributed by atoms with Crippen molar-refractivity contribution >= 4 is 29.0 Å². The number of rotatable bonds is 3. The minimum Gasteiger partial charge on any atom is -0.368 e. The first-order chi connectivity index (χ1) is 12.0. The summed E-state index contributed by atoms with van der Waals surface area (Å²) in [7, 11) is 3.84. The van der Waals surface area contributed by atoms with Gasteiger partial charge >= 0.3 is 0 Å². The number of halogens is 1. The van der Waals surface area contributed by atoms with Crippen LogP contribution in [0.2, 0.25) is 5.02 Å². The van der Waals surface area contributed by atoms with Crippen molar-refractivity contribution in [3.8, 4) is 0 Å². The van der Waals surface area contributed by atoms with E-state index in [1.54, 1.807) is 12.3 Å². The summed E-state index contributed by atoms with van der Waals surface area (Å²) >= 11 is 6.13. The summed E-state index contributed by atoms with van der Waals surface area (Å²) in [5, 5.41) is 0.743. The second-order valence-electron chi connectivity index (χ2n) is 6.51. The number of amides is 1. The van der Waals surface area contributed by atoms with Gasteiger partial charge in [0, 0.05) is 62.7 Å². The van der Waals surface area contributed by atoms with Crippen molar-refractivity contribution in [3.05, 3.63) is 52.7 Å². The van der Waals surface area contributed by atoms with E-state index in [-0.39, 0.29) is 5.91 Å². The maximum Gasteiger partial charge on any atom is 0.254 e. The molecule has 25 heavy (non-hydrogen) atoms. The van der Waals surface area contributed by atoms with Crippen LogP contribution < -0.4 is 9.80 Å². The Morgan fingerprint density at radius 3 is 2.52 bits per heavy atom. The van der Waals surface area contributed by atoms with Gasteiger partial charge in [-0.3, -0.25) is 4.79 Å². The van der Waals surface area contributed by atoms with E-state index in [0.29, 0.717) is 18.7 Å². The van der Waals surface area contributed by atoms with Gasteiger partial charge in [0.15, 0.2) is 0 Å². The molecule has 0 spiro atoms. The zero-order valence-corrected chi connectivity index (χ0v) is 15.6. The van der Waals surface area contributed by atoms with Crippen LogP contribution in [0.4, 0.5) is 11.5 Å². The Morgan fingerprint density at radius 1 is 1.12 bits per heavy atom. The highest BCUT2D eigenvalue weighted by Gasteiger charge is 2.23. The zero-order valence-electron chi connectivity index (χ0n) is 14.9. The number of nitrogens with zero attached hydrogens (tertiary/aromatic N) is 4. The number of aromatic nitrogens is 1. The van der Waals surface area contributed by atoms with Crippen molar-refractivity contribution in [1.29, 1.82) is 0 Å². The average molecular weight is 359 g/mol. The van der Waals surface area contributed by atoms with Gasteiger partial charge in [-0.15, -0.1) is 0 Å². The monoisotopic (exact) mass is 358 g/mol. The fourth-order valence-corrected chi connectivity index (χ4v) is 3.22. The molecule has 1 aromatic carbocycles. The quantitative estimate of drug-likeness (QED) is 0.845. The molecule has 0 unspecified atom stereocenters. The predicted molar refractivity (Wildman–Crippen MR) is 103 cm³/mol. The molecule has 1 saturated heterocycles. The van der Waals surface area contributed by atoms with Crippen molar-refractivity contribution in [1.82, 2.24) is 9.88 Å². The standard InChI is InChI=1S/C19H23ClN4O/c1-14-4-5-16(20)13-17(14)23-8-10-24(11-9-23)19(25)15-6-7-21-18(12-15)22(2)3/h4-7,12-13H,8-11H2,1-3H3. The molecule has 1 aliphatic rings. The van der Waals surface area contributed by atoms with Crippen molar-refractivity contribution < 1.29 is 4.79 Å². The van der Waals surface area contributed by atoms with Crippen LogP contribution in [0.1, 0.15) is 15.9 Å². The van der Waals surface area contributed by atoms with Crippen LogP contribution in [0.3, 0.4) is 0 Å². The molecule has 1 aromatic heterocycles. The number of aryl methyl sites for hydroxylation is 1. The number of pyridine rings is 1. The molecule has 0 radical (unpaired) electrons. The minimum absolute atomic E-state index is 0.0629. The zero-order chi connectivity index (χ0) is 18.0. The first-order valence-electron chi connectivity index (χ1n) is 8.39. The van der Waals surface area contributed by atoms with Gasteiger partial charge in [-0.25, -0.2) is 4.98 Å². The lowest BCUT2D eigenvalue weighted by Crippen LogP contribution is -2.49. The maximum absolute atomic E-state index is 12.8. The van der Waals surface area contributed by atoms with Crippen LogP contribution in [-0.2, 0) is 0 Å². The number of carbonyl (C=O) groups excluding carboxylic acids is 1. The summed E-state index contributed by atoms with van der Waals surface area (Å²) in [6, 6.07) is 9.57.